The molecule has 1 aliphatic rings. The molecule has 0 unspecified atom stereocenters. The minimum atomic E-state index is -3.34. The van der Waals surface area contributed by atoms with E-state index in [0.717, 1.165) is 45.3 Å². The average molecular weight is 369 g/mol. The van der Waals surface area contributed by atoms with Crippen molar-refractivity contribution in [3.8, 4) is 0 Å². The molecule has 1 aromatic carbocycles. The standard InChI is InChI=1S/C19H32N2O3S/c1-19(2,3)21-13-12-20(15-17-9-6-5-7-10-17)16-18(21)11-8-14-24-25(4,22)23/h5-7,9-10,18H,8,11-16H2,1-4H3/t18-/m1/s1. The van der Waals surface area contributed by atoms with E-state index in [1.165, 1.54) is 5.56 Å². The first-order chi connectivity index (χ1) is 11.6. The number of nitrogens with zero attached hydrogens (tertiary/aromatic N) is 2. The Morgan fingerprint density at radius 2 is 1.84 bits per heavy atom. The van der Waals surface area contributed by atoms with Gasteiger partial charge in [-0.3, -0.25) is 14.0 Å². The van der Waals surface area contributed by atoms with E-state index < -0.39 is 10.1 Å². The normalized spacial score (nSPS) is 20.7. The van der Waals surface area contributed by atoms with Crippen LogP contribution in [0.25, 0.3) is 0 Å². The predicted octanol–water partition coefficient (Wildman–Crippen LogP) is 2.73. The number of benzene rings is 1. The Morgan fingerprint density at radius 3 is 2.44 bits per heavy atom. The second-order valence-electron chi connectivity index (χ2n) is 7.91. The highest BCUT2D eigenvalue weighted by atomic mass is 32.2. The van der Waals surface area contributed by atoms with E-state index in [-0.39, 0.29) is 12.1 Å². The summed E-state index contributed by atoms with van der Waals surface area (Å²) in [6.45, 7) is 11.1. The second-order valence-corrected chi connectivity index (χ2v) is 9.55. The molecular weight excluding hydrogens is 336 g/mol. The first-order valence-electron chi connectivity index (χ1n) is 9.02. The summed E-state index contributed by atoms with van der Waals surface area (Å²) in [6, 6.07) is 11.0. The Labute approximate surface area is 153 Å². The van der Waals surface area contributed by atoms with Crippen molar-refractivity contribution in [2.45, 2.75) is 51.7 Å². The molecule has 1 heterocycles. The van der Waals surface area contributed by atoms with Gasteiger partial charge < -0.3 is 0 Å². The van der Waals surface area contributed by atoms with Crippen LogP contribution in [-0.2, 0) is 20.8 Å². The maximum Gasteiger partial charge on any atom is 0.264 e. The summed E-state index contributed by atoms with van der Waals surface area (Å²) in [7, 11) is -3.34. The van der Waals surface area contributed by atoms with E-state index in [1.54, 1.807) is 0 Å². The Bertz CT molecular complexity index is 626. The van der Waals surface area contributed by atoms with Crippen molar-refractivity contribution in [3.63, 3.8) is 0 Å². The maximum atomic E-state index is 11.1. The number of hydrogen-bond donors (Lipinski definition) is 0. The lowest BCUT2D eigenvalue weighted by atomic mass is 9.97. The lowest BCUT2D eigenvalue weighted by Gasteiger charge is -2.48. The minimum Gasteiger partial charge on any atom is -0.296 e. The predicted molar refractivity (Wildman–Crippen MR) is 102 cm³/mol. The van der Waals surface area contributed by atoms with Crippen LogP contribution in [0.2, 0.25) is 0 Å². The highest BCUT2D eigenvalue weighted by molar-refractivity contribution is 7.85. The van der Waals surface area contributed by atoms with Crippen LogP contribution in [-0.4, -0.2) is 62.3 Å². The molecule has 0 aromatic heterocycles. The number of piperazine rings is 1. The van der Waals surface area contributed by atoms with Crippen molar-refractivity contribution in [3.05, 3.63) is 35.9 Å². The van der Waals surface area contributed by atoms with Gasteiger partial charge in [-0.15, -0.1) is 0 Å². The van der Waals surface area contributed by atoms with Crippen LogP contribution >= 0.6 is 0 Å². The highest BCUT2D eigenvalue weighted by Gasteiger charge is 2.33. The van der Waals surface area contributed by atoms with Gasteiger partial charge in [0.05, 0.1) is 12.9 Å². The van der Waals surface area contributed by atoms with Crippen LogP contribution in [0.1, 0.15) is 39.2 Å². The Morgan fingerprint density at radius 1 is 1.16 bits per heavy atom. The molecule has 1 aliphatic heterocycles. The Hall–Kier alpha value is -0.950. The lowest BCUT2D eigenvalue weighted by molar-refractivity contribution is 0.00172. The third-order valence-electron chi connectivity index (χ3n) is 4.66. The molecule has 1 atom stereocenters. The van der Waals surface area contributed by atoms with Gasteiger partial charge in [-0.2, -0.15) is 8.42 Å². The van der Waals surface area contributed by atoms with Gasteiger partial charge in [0.2, 0.25) is 0 Å². The molecule has 1 saturated heterocycles. The molecule has 6 heteroatoms. The maximum absolute atomic E-state index is 11.1. The molecule has 1 aromatic rings. The van der Waals surface area contributed by atoms with Crippen LogP contribution in [0.5, 0.6) is 0 Å². The van der Waals surface area contributed by atoms with Gasteiger partial charge in [0.1, 0.15) is 0 Å². The molecule has 142 valence electrons. The van der Waals surface area contributed by atoms with E-state index in [0.29, 0.717) is 6.04 Å². The van der Waals surface area contributed by atoms with Gasteiger partial charge in [0, 0.05) is 37.8 Å². The summed E-state index contributed by atoms with van der Waals surface area (Å²) in [5.74, 6) is 0. The lowest BCUT2D eigenvalue weighted by Crippen LogP contribution is -2.59. The molecule has 25 heavy (non-hydrogen) atoms. The Kier molecular flexibility index (Phi) is 7.02. The van der Waals surface area contributed by atoms with E-state index in [2.05, 4.69) is 54.8 Å². The van der Waals surface area contributed by atoms with Crippen LogP contribution in [0.4, 0.5) is 0 Å². The third-order valence-corrected chi connectivity index (χ3v) is 5.25. The van der Waals surface area contributed by atoms with Gasteiger partial charge in [0.25, 0.3) is 10.1 Å². The van der Waals surface area contributed by atoms with Crippen LogP contribution in [0, 0.1) is 0 Å². The molecule has 0 N–H and O–H groups in total. The van der Waals surface area contributed by atoms with Gasteiger partial charge in [-0.25, -0.2) is 0 Å². The van der Waals surface area contributed by atoms with E-state index in [1.807, 2.05) is 6.07 Å². The van der Waals surface area contributed by atoms with E-state index in [4.69, 9.17) is 4.18 Å². The quantitative estimate of drug-likeness (QED) is 0.547. The van der Waals surface area contributed by atoms with Crippen LogP contribution in [0.3, 0.4) is 0 Å². The molecule has 0 bridgehead atoms. The fourth-order valence-electron chi connectivity index (χ4n) is 3.56. The minimum absolute atomic E-state index is 0.112. The van der Waals surface area contributed by atoms with Crippen LogP contribution in [0.15, 0.2) is 30.3 Å². The SMILES string of the molecule is CC(C)(C)N1CCN(Cc2ccccc2)C[C@H]1CCCOS(C)(=O)=O. The van der Waals surface area contributed by atoms with Gasteiger partial charge in [-0.05, 0) is 39.2 Å². The van der Waals surface area contributed by atoms with E-state index in [9.17, 15) is 8.42 Å². The zero-order valence-electron chi connectivity index (χ0n) is 15.9. The van der Waals surface area contributed by atoms with Crippen molar-refractivity contribution in [2.75, 3.05) is 32.5 Å². The fourth-order valence-corrected chi connectivity index (χ4v) is 3.98. The highest BCUT2D eigenvalue weighted by Crippen LogP contribution is 2.24. The topological polar surface area (TPSA) is 49.9 Å². The van der Waals surface area contributed by atoms with Crippen molar-refractivity contribution in [1.29, 1.82) is 0 Å². The zero-order chi connectivity index (χ0) is 18.5. The molecular formula is C19H32N2O3S. The van der Waals surface area contributed by atoms with Gasteiger partial charge in [-0.1, -0.05) is 30.3 Å². The first kappa shape index (κ1) is 20.4. The molecule has 0 saturated carbocycles. The summed E-state index contributed by atoms with van der Waals surface area (Å²) in [5.41, 5.74) is 1.45. The van der Waals surface area contributed by atoms with Crippen molar-refractivity contribution >= 4 is 10.1 Å². The number of rotatable bonds is 7. The molecule has 0 amide bonds. The summed E-state index contributed by atoms with van der Waals surface area (Å²) >= 11 is 0. The average Bonchev–Trinajstić information content (AvgIpc) is 2.51. The monoisotopic (exact) mass is 368 g/mol. The second kappa shape index (κ2) is 8.62. The first-order valence-corrected chi connectivity index (χ1v) is 10.8. The summed E-state index contributed by atoms with van der Waals surface area (Å²) in [4.78, 5) is 5.05. The van der Waals surface area contributed by atoms with Gasteiger partial charge in [0.15, 0.2) is 0 Å². The summed E-state index contributed by atoms with van der Waals surface area (Å²) < 4.78 is 27.1. The largest absolute Gasteiger partial charge is 0.296 e. The van der Waals surface area contributed by atoms with Crippen molar-refractivity contribution in [2.24, 2.45) is 0 Å². The molecule has 2 rings (SSSR count). The molecule has 0 radical (unpaired) electrons. The van der Waals surface area contributed by atoms with Crippen LogP contribution < -0.4 is 0 Å². The Balaban J connectivity index is 1.94. The smallest absolute Gasteiger partial charge is 0.264 e. The van der Waals surface area contributed by atoms with Gasteiger partial charge >= 0.3 is 0 Å². The summed E-state index contributed by atoms with van der Waals surface area (Å²) in [5, 5.41) is 0. The third kappa shape index (κ3) is 7.05. The van der Waals surface area contributed by atoms with Crippen molar-refractivity contribution < 1.29 is 12.6 Å². The summed E-state index contributed by atoms with van der Waals surface area (Å²) in [6.07, 6.45) is 2.80. The molecule has 1 fully saturated rings. The van der Waals surface area contributed by atoms with Crippen molar-refractivity contribution in [1.82, 2.24) is 9.80 Å². The zero-order valence-corrected chi connectivity index (χ0v) is 16.8. The fraction of sp³-hybridized carbons (Fsp3) is 0.684. The number of hydrogen-bond acceptors (Lipinski definition) is 5. The molecule has 0 aliphatic carbocycles. The molecule has 0 spiro atoms. The van der Waals surface area contributed by atoms with E-state index >= 15 is 0 Å². The molecule has 5 nitrogen and oxygen atoms in total.